The molecule has 0 bridgehead atoms. The van der Waals surface area contributed by atoms with Crippen LogP contribution >= 0.6 is 0 Å². The van der Waals surface area contributed by atoms with Gasteiger partial charge in [-0.05, 0) is 43.9 Å². The summed E-state index contributed by atoms with van der Waals surface area (Å²) in [5, 5.41) is 23.8. The van der Waals surface area contributed by atoms with Crippen molar-refractivity contribution in [3.63, 3.8) is 0 Å². The van der Waals surface area contributed by atoms with Crippen molar-refractivity contribution in [3.05, 3.63) is 72.1 Å². The lowest BCUT2D eigenvalue weighted by Crippen LogP contribution is -2.49. The third kappa shape index (κ3) is 9.58. The number of aromatic nitrogens is 4. The fraction of sp³-hybridized carbons (Fsp3) is 0.429. The Labute approximate surface area is 280 Å². The number of nitrogens with zero attached hydrogens (tertiary/aromatic N) is 6. The molecule has 1 saturated heterocycles. The number of aliphatic carboxylic acids is 2. The molecule has 2 fully saturated rings. The fourth-order valence-corrected chi connectivity index (χ4v) is 6.35. The van der Waals surface area contributed by atoms with Gasteiger partial charge in [-0.1, -0.05) is 54.6 Å². The Morgan fingerprint density at radius 2 is 1.35 bits per heavy atom. The van der Waals surface area contributed by atoms with E-state index in [-0.39, 0.29) is 18.0 Å². The number of nitrogens with one attached hydrogen (secondary N) is 1. The van der Waals surface area contributed by atoms with Crippen molar-refractivity contribution in [2.45, 2.75) is 64.6 Å². The average Bonchev–Trinajstić information content (AvgIpc) is 3.45. The Kier molecular flexibility index (Phi) is 12.6. The molecule has 48 heavy (non-hydrogen) atoms. The summed E-state index contributed by atoms with van der Waals surface area (Å²) < 4.78 is 2.10. The summed E-state index contributed by atoms with van der Waals surface area (Å²) in [6, 6.07) is 18.9. The molecule has 0 spiro atoms. The van der Waals surface area contributed by atoms with Crippen molar-refractivity contribution in [3.8, 4) is 11.3 Å². The van der Waals surface area contributed by atoms with Crippen LogP contribution in [0.5, 0.6) is 0 Å². The van der Waals surface area contributed by atoms with Crippen LogP contribution in [0.15, 0.2) is 60.9 Å². The van der Waals surface area contributed by atoms with Gasteiger partial charge in [-0.2, -0.15) is 5.10 Å². The summed E-state index contributed by atoms with van der Waals surface area (Å²) in [6.45, 7) is 8.34. The van der Waals surface area contributed by atoms with E-state index in [0.717, 1.165) is 86.3 Å². The minimum Gasteiger partial charge on any atom is -0.481 e. The predicted molar refractivity (Wildman–Crippen MR) is 184 cm³/mol. The smallest absolute Gasteiger partial charge is 0.300 e. The fourth-order valence-electron chi connectivity index (χ4n) is 6.35. The molecule has 1 amide bonds. The largest absolute Gasteiger partial charge is 0.481 e. The average molecular weight is 659 g/mol. The number of piperazine rings is 1. The van der Waals surface area contributed by atoms with Crippen LogP contribution in [0.25, 0.3) is 22.3 Å². The number of carboxylic acids is 2. The molecule has 256 valence electrons. The number of carbonyl (C=O) groups is 3. The summed E-state index contributed by atoms with van der Waals surface area (Å²) in [6.07, 6.45) is 6.03. The zero-order chi connectivity index (χ0) is 34.8. The molecule has 2 aliphatic rings. The summed E-state index contributed by atoms with van der Waals surface area (Å²) in [5.74, 6) is -1.29. The number of nitrogen functional groups attached to an aromatic ring is 1. The number of carboxylic acid groups (broad SMARTS) is 2. The van der Waals surface area contributed by atoms with Crippen molar-refractivity contribution < 1.29 is 24.6 Å². The molecule has 1 unspecified atom stereocenters. The van der Waals surface area contributed by atoms with Crippen molar-refractivity contribution >= 4 is 34.7 Å². The summed E-state index contributed by atoms with van der Waals surface area (Å²) in [7, 11) is 2.21. The van der Waals surface area contributed by atoms with Crippen molar-refractivity contribution in [2.24, 2.45) is 0 Å². The Morgan fingerprint density at radius 1 is 0.812 bits per heavy atom. The number of nitrogens with two attached hydrogens (primary N) is 1. The van der Waals surface area contributed by atoms with Crippen molar-refractivity contribution in [1.29, 1.82) is 0 Å². The van der Waals surface area contributed by atoms with Crippen molar-refractivity contribution in [1.82, 2.24) is 34.9 Å². The third-order valence-corrected chi connectivity index (χ3v) is 8.58. The number of hydrogen-bond donors (Lipinski definition) is 4. The van der Waals surface area contributed by atoms with Gasteiger partial charge in [0.25, 0.3) is 11.9 Å². The first-order valence-corrected chi connectivity index (χ1v) is 16.2. The molecule has 6 rings (SSSR count). The zero-order valence-corrected chi connectivity index (χ0v) is 28.0. The lowest BCUT2D eigenvalue weighted by Gasteiger charge is -2.41. The van der Waals surface area contributed by atoms with Gasteiger partial charge < -0.3 is 26.2 Å². The van der Waals surface area contributed by atoms with E-state index in [9.17, 15) is 4.79 Å². The van der Waals surface area contributed by atoms with Crippen LogP contribution in [0, 0.1) is 0 Å². The van der Waals surface area contributed by atoms with Gasteiger partial charge in [-0.15, -0.1) is 0 Å². The molecule has 4 aromatic rings. The van der Waals surface area contributed by atoms with Crippen LogP contribution in [0.2, 0.25) is 0 Å². The minimum atomic E-state index is -0.833. The van der Waals surface area contributed by atoms with Gasteiger partial charge in [-0.3, -0.25) is 19.3 Å². The number of carbonyl (C=O) groups excluding carboxylic acids is 1. The SMILES string of the molecule is CC(=O)NC(c1ccccc1)c1ccc(-c2nn(C3CCC(N4CCN(C)CC4)CC3)c3ncnc(N)c23)cc1.CC(=O)O.CC(=O)O. The van der Waals surface area contributed by atoms with Gasteiger partial charge in [0.15, 0.2) is 5.65 Å². The number of hydrogen-bond acceptors (Lipinski definition) is 9. The van der Waals surface area contributed by atoms with E-state index in [2.05, 4.69) is 61.1 Å². The Hall–Kier alpha value is -4.88. The molecule has 3 heterocycles. The molecule has 1 aliphatic heterocycles. The van der Waals surface area contributed by atoms with Crippen LogP contribution in [-0.4, -0.2) is 96.9 Å². The molecule has 2 aromatic heterocycles. The number of fused-ring (bicyclic) bond motifs is 1. The maximum atomic E-state index is 12.0. The molecule has 0 radical (unpaired) electrons. The van der Waals surface area contributed by atoms with Crippen LogP contribution in [0.4, 0.5) is 5.82 Å². The molecule has 13 heteroatoms. The number of rotatable bonds is 6. The number of likely N-dealkylation sites (N-methyl/N-ethyl adjacent to an activating group) is 1. The van der Waals surface area contributed by atoms with Crippen LogP contribution in [0.3, 0.4) is 0 Å². The second-order valence-electron chi connectivity index (χ2n) is 12.3. The highest BCUT2D eigenvalue weighted by molar-refractivity contribution is 5.98. The first-order chi connectivity index (χ1) is 22.9. The number of anilines is 1. The Balaban J connectivity index is 0.000000588. The first kappa shape index (κ1) is 36.0. The standard InChI is InChI=1S/C31H38N8O.2C2H4O2/c1-21(40)35-28(22-6-4-3-5-7-22)23-8-10-24(11-9-23)29-27-30(32)33-20-34-31(27)39(36-29)26-14-12-25(13-15-26)38-18-16-37(2)17-19-38;2*1-2(3)4/h3-11,20,25-26,28H,12-19H2,1-2H3,(H,35,40)(H2,32,33,34);2*1H3,(H,3,4). The summed E-state index contributed by atoms with van der Waals surface area (Å²) in [5.41, 5.74) is 11.0. The highest BCUT2D eigenvalue weighted by atomic mass is 16.4. The lowest BCUT2D eigenvalue weighted by molar-refractivity contribution is -0.135. The molecule has 1 aliphatic carbocycles. The quantitative estimate of drug-likeness (QED) is 0.233. The first-order valence-electron chi connectivity index (χ1n) is 16.2. The Morgan fingerprint density at radius 3 is 1.92 bits per heavy atom. The summed E-state index contributed by atoms with van der Waals surface area (Å²) >= 11 is 0. The van der Waals surface area contributed by atoms with Gasteiger partial charge in [0.05, 0.1) is 17.5 Å². The van der Waals surface area contributed by atoms with Crippen LogP contribution in [0.1, 0.15) is 69.7 Å². The third-order valence-electron chi connectivity index (χ3n) is 8.58. The highest BCUT2D eigenvalue weighted by Gasteiger charge is 2.30. The van der Waals surface area contributed by atoms with Crippen LogP contribution < -0.4 is 11.1 Å². The molecule has 5 N–H and O–H groups in total. The Bertz CT molecular complexity index is 1640. The van der Waals surface area contributed by atoms with E-state index in [1.54, 1.807) is 6.92 Å². The highest BCUT2D eigenvalue weighted by Crippen LogP contribution is 2.37. The predicted octanol–water partition coefficient (Wildman–Crippen LogP) is 4.21. The zero-order valence-electron chi connectivity index (χ0n) is 28.0. The van der Waals surface area contributed by atoms with E-state index in [0.29, 0.717) is 11.9 Å². The monoisotopic (exact) mass is 658 g/mol. The molecule has 13 nitrogen and oxygen atoms in total. The van der Waals surface area contributed by atoms with Crippen LogP contribution in [-0.2, 0) is 14.4 Å². The molecular formula is C35H46N8O5. The maximum absolute atomic E-state index is 12.0. The molecule has 2 aromatic carbocycles. The summed E-state index contributed by atoms with van der Waals surface area (Å²) in [4.78, 5) is 44.0. The van der Waals surface area contributed by atoms with Crippen molar-refractivity contribution in [2.75, 3.05) is 39.0 Å². The van der Waals surface area contributed by atoms with Gasteiger partial charge in [0.1, 0.15) is 17.8 Å². The van der Waals surface area contributed by atoms with Gasteiger partial charge in [-0.25, -0.2) is 14.6 Å². The second-order valence-corrected chi connectivity index (χ2v) is 12.3. The second kappa shape index (κ2) is 16.8. The minimum absolute atomic E-state index is 0.0741. The van der Waals surface area contributed by atoms with Gasteiger partial charge >= 0.3 is 0 Å². The van der Waals surface area contributed by atoms with E-state index in [1.165, 1.54) is 19.2 Å². The molecule has 1 atom stereocenters. The van der Waals surface area contributed by atoms with E-state index in [1.807, 2.05) is 30.3 Å². The number of benzene rings is 2. The van der Waals surface area contributed by atoms with Gasteiger partial charge in [0, 0.05) is 58.6 Å². The number of amides is 1. The van der Waals surface area contributed by atoms with E-state index in [4.69, 9.17) is 30.6 Å². The normalized spacial score (nSPS) is 18.8. The maximum Gasteiger partial charge on any atom is 0.300 e. The van der Waals surface area contributed by atoms with Gasteiger partial charge in [0.2, 0.25) is 5.91 Å². The molecular weight excluding hydrogens is 612 g/mol. The van der Waals surface area contributed by atoms with E-state index < -0.39 is 11.9 Å². The molecule has 1 saturated carbocycles. The lowest BCUT2D eigenvalue weighted by atomic mass is 9.90. The topological polar surface area (TPSA) is 180 Å². The van der Waals surface area contributed by atoms with E-state index >= 15 is 0 Å².